The average molecular weight is 169 g/mol. The van der Waals surface area contributed by atoms with Crippen molar-refractivity contribution in [2.75, 3.05) is 6.54 Å². The quantitative estimate of drug-likeness (QED) is 0.738. The first kappa shape index (κ1) is 9.06. The van der Waals surface area contributed by atoms with E-state index < -0.39 is 6.17 Å². The first-order valence-corrected chi connectivity index (χ1v) is 3.87. The molecule has 0 aliphatic heterocycles. The van der Waals surface area contributed by atoms with Crippen molar-refractivity contribution in [2.45, 2.75) is 19.5 Å². The van der Waals surface area contributed by atoms with Crippen molar-refractivity contribution in [2.24, 2.45) is 5.73 Å². The van der Waals surface area contributed by atoms with Gasteiger partial charge in [-0.1, -0.05) is 0 Å². The number of alkyl halides is 1. The predicted octanol–water partition coefficient (Wildman–Crippen LogP) is 1.14. The number of halogens is 1. The van der Waals surface area contributed by atoms with Crippen LogP contribution in [0.25, 0.3) is 0 Å². The zero-order valence-corrected chi connectivity index (χ0v) is 7.00. The summed E-state index contributed by atoms with van der Waals surface area (Å²) in [6.07, 6.45) is 2.27. The molecule has 0 saturated carbocycles. The molecule has 1 heterocycles. The summed E-state index contributed by atoms with van der Waals surface area (Å²) in [4.78, 5) is 7.84. The number of nitrogens with two attached hydrogens (primary N) is 1. The summed E-state index contributed by atoms with van der Waals surface area (Å²) < 4.78 is 13.2. The van der Waals surface area contributed by atoms with Gasteiger partial charge in [-0.15, -0.1) is 0 Å². The molecule has 1 aromatic heterocycles. The molecule has 0 bridgehead atoms. The molecule has 0 amide bonds. The van der Waals surface area contributed by atoms with Crippen LogP contribution in [0, 0.1) is 6.92 Å². The van der Waals surface area contributed by atoms with E-state index in [0.29, 0.717) is 24.4 Å². The Balaban J connectivity index is 2.79. The summed E-state index contributed by atoms with van der Waals surface area (Å²) in [5.41, 5.74) is 6.27. The van der Waals surface area contributed by atoms with Crippen LogP contribution in [-0.4, -0.2) is 16.5 Å². The number of hydrogen-bond acceptors (Lipinski definition) is 3. The molecule has 1 atom stereocenters. The highest BCUT2D eigenvalue weighted by Crippen LogP contribution is 2.19. The molecule has 0 aromatic carbocycles. The van der Waals surface area contributed by atoms with Crippen LogP contribution in [-0.2, 0) is 0 Å². The second kappa shape index (κ2) is 4.11. The van der Waals surface area contributed by atoms with Crippen LogP contribution in [0.3, 0.4) is 0 Å². The highest BCUT2D eigenvalue weighted by Gasteiger charge is 2.12. The Morgan fingerprint density at radius 1 is 1.50 bits per heavy atom. The fourth-order valence-electron chi connectivity index (χ4n) is 1.01. The standard InChI is InChI=1S/C8H12FN3/c1-6-8(7(9)2-3-10)12-5-4-11-6/h4-5,7H,2-3,10H2,1H3. The van der Waals surface area contributed by atoms with Gasteiger partial charge in [-0.05, 0) is 19.9 Å². The molecule has 12 heavy (non-hydrogen) atoms. The highest BCUT2D eigenvalue weighted by molar-refractivity contribution is 5.11. The smallest absolute Gasteiger partial charge is 0.145 e. The van der Waals surface area contributed by atoms with Gasteiger partial charge in [-0.2, -0.15) is 0 Å². The summed E-state index contributed by atoms with van der Waals surface area (Å²) in [7, 11) is 0. The van der Waals surface area contributed by atoms with E-state index in [2.05, 4.69) is 9.97 Å². The van der Waals surface area contributed by atoms with Crippen molar-refractivity contribution in [3.8, 4) is 0 Å². The molecule has 2 N–H and O–H groups in total. The Kier molecular flexibility index (Phi) is 3.10. The average Bonchev–Trinajstić information content (AvgIpc) is 2.05. The molecule has 66 valence electrons. The molecular formula is C8H12FN3. The summed E-state index contributed by atoms with van der Waals surface area (Å²) in [5, 5.41) is 0. The van der Waals surface area contributed by atoms with Gasteiger partial charge in [0.2, 0.25) is 0 Å². The fraction of sp³-hybridized carbons (Fsp3) is 0.500. The number of hydrogen-bond donors (Lipinski definition) is 1. The van der Waals surface area contributed by atoms with Crippen molar-refractivity contribution in [1.82, 2.24) is 9.97 Å². The lowest BCUT2D eigenvalue weighted by Gasteiger charge is -2.07. The van der Waals surface area contributed by atoms with E-state index in [1.165, 1.54) is 6.20 Å². The second-order valence-electron chi connectivity index (χ2n) is 2.57. The summed E-state index contributed by atoms with van der Waals surface area (Å²) in [6.45, 7) is 2.07. The lowest BCUT2D eigenvalue weighted by atomic mass is 10.1. The van der Waals surface area contributed by atoms with Crippen LogP contribution >= 0.6 is 0 Å². The van der Waals surface area contributed by atoms with Gasteiger partial charge >= 0.3 is 0 Å². The monoisotopic (exact) mass is 169 g/mol. The number of aryl methyl sites for hydroxylation is 1. The van der Waals surface area contributed by atoms with Crippen LogP contribution in [0.2, 0.25) is 0 Å². The Bertz CT molecular complexity index is 252. The van der Waals surface area contributed by atoms with E-state index in [1.54, 1.807) is 13.1 Å². The van der Waals surface area contributed by atoms with Crippen molar-refractivity contribution >= 4 is 0 Å². The van der Waals surface area contributed by atoms with E-state index in [0.717, 1.165) is 0 Å². The van der Waals surface area contributed by atoms with Gasteiger partial charge in [-0.3, -0.25) is 9.97 Å². The number of aromatic nitrogens is 2. The molecule has 0 radical (unpaired) electrons. The predicted molar refractivity (Wildman–Crippen MR) is 44.3 cm³/mol. The second-order valence-corrected chi connectivity index (χ2v) is 2.57. The Morgan fingerprint density at radius 3 is 2.75 bits per heavy atom. The first-order chi connectivity index (χ1) is 5.75. The molecule has 0 saturated heterocycles. The van der Waals surface area contributed by atoms with Crippen LogP contribution in [0.1, 0.15) is 24.0 Å². The highest BCUT2D eigenvalue weighted by atomic mass is 19.1. The van der Waals surface area contributed by atoms with Crippen LogP contribution in [0.5, 0.6) is 0 Å². The molecule has 0 aliphatic carbocycles. The third-order valence-corrected chi connectivity index (χ3v) is 1.64. The van der Waals surface area contributed by atoms with Gasteiger partial charge in [0.25, 0.3) is 0 Å². The van der Waals surface area contributed by atoms with Crippen molar-refractivity contribution < 1.29 is 4.39 Å². The molecule has 0 fully saturated rings. The minimum Gasteiger partial charge on any atom is -0.330 e. The van der Waals surface area contributed by atoms with E-state index in [9.17, 15) is 4.39 Å². The summed E-state index contributed by atoms with van der Waals surface area (Å²) >= 11 is 0. The number of nitrogens with zero attached hydrogens (tertiary/aromatic N) is 2. The Morgan fingerprint density at radius 2 is 2.17 bits per heavy atom. The molecule has 3 nitrogen and oxygen atoms in total. The number of rotatable bonds is 3. The maximum atomic E-state index is 13.2. The van der Waals surface area contributed by atoms with Gasteiger partial charge in [-0.25, -0.2) is 4.39 Å². The van der Waals surface area contributed by atoms with E-state index >= 15 is 0 Å². The zero-order chi connectivity index (χ0) is 8.97. The van der Waals surface area contributed by atoms with Crippen molar-refractivity contribution in [3.63, 3.8) is 0 Å². The van der Waals surface area contributed by atoms with Gasteiger partial charge in [0, 0.05) is 12.4 Å². The minimum atomic E-state index is -1.08. The first-order valence-electron chi connectivity index (χ1n) is 3.87. The maximum Gasteiger partial charge on any atom is 0.145 e. The SMILES string of the molecule is Cc1nccnc1C(F)CCN. The van der Waals surface area contributed by atoms with Crippen molar-refractivity contribution in [1.29, 1.82) is 0 Å². The lowest BCUT2D eigenvalue weighted by Crippen LogP contribution is -2.07. The van der Waals surface area contributed by atoms with Crippen LogP contribution < -0.4 is 5.73 Å². The molecule has 1 rings (SSSR count). The topological polar surface area (TPSA) is 51.8 Å². The molecular weight excluding hydrogens is 157 g/mol. The lowest BCUT2D eigenvalue weighted by molar-refractivity contribution is 0.317. The zero-order valence-electron chi connectivity index (χ0n) is 7.00. The normalized spacial score (nSPS) is 12.9. The molecule has 0 aliphatic rings. The van der Waals surface area contributed by atoms with E-state index in [1.807, 2.05) is 0 Å². The summed E-state index contributed by atoms with van der Waals surface area (Å²) in [6, 6.07) is 0. The fourth-order valence-corrected chi connectivity index (χ4v) is 1.01. The molecule has 1 unspecified atom stereocenters. The van der Waals surface area contributed by atoms with E-state index in [4.69, 9.17) is 5.73 Å². The Labute approximate surface area is 70.8 Å². The third-order valence-electron chi connectivity index (χ3n) is 1.64. The third kappa shape index (κ3) is 1.98. The molecule has 0 spiro atoms. The van der Waals surface area contributed by atoms with Gasteiger partial charge < -0.3 is 5.73 Å². The van der Waals surface area contributed by atoms with Crippen LogP contribution in [0.15, 0.2) is 12.4 Å². The molecule has 1 aromatic rings. The van der Waals surface area contributed by atoms with Crippen LogP contribution in [0.4, 0.5) is 4.39 Å². The Hall–Kier alpha value is -1.03. The van der Waals surface area contributed by atoms with Gasteiger partial charge in [0.15, 0.2) is 0 Å². The van der Waals surface area contributed by atoms with E-state index in [-0.39, 0.29) is 0 Å². The van der Waals surface area contributed by atoms with Gasteiger partial charge in [0.1, 0.15) is 6.17 Å². The minimum absolute atomic E-state index is 0.305. The maximum absolute atomic E-state index is 13.2. The van der Waals surface area contributed by atoms with Crippen molar-refractivity contribution in [3.05, 3.63) is 23.8 Å². The van der Waals surface area contributed by atoms with Gasteiger partial charge in [0.05, 0.1) is 11.4 Å². The molecule has 4 heteroatoms. The largest absolute Gasteiger partial charge is 0.330 e. The summed E-state index contributed by atoms with van der Waals surface area (Å²) in [5.74, 6) is 0.